The number of hydrogen-bond donors (Lipinski definition) is 1. The molecule has 0 aliphatic rings. The van der Waals surface area contributed by atoms with Crippen molar-refractivity contribution in [2.75, 3.05) is 6.54 Å². The molecule has 0 fully saturated rings. The molecule has 1 N–H and O–H groups in total. The Labute approximate surface area is 107 Å². The van der Waals surface area contributed by atoms with Gasteiger partial charge in [0.1, 0.15) is 0 Å². The van der Waals surface area contributed by atoms with Crippen molar-refractivity contribution in [3.8, 4) is 0 Å². The largest absolute Gasteiger partial charge is 0.314 e. The predicted molar refractivity (Wildman–Crippen MR) is 76.5 cm³/mol. The third kappa shape index (κ3) is 4.16. The van der Waals surface area contributed by atoms with Crippen molar-refractivity contribution in [2.45, 2.75) is 53.5 Å². The molecular weight excluding hydrogens is 206 g/mol. The summed E-state index contributed by atoms with van der Waals surface area (Å²) in [5.74, 6) is 0.733. The van der Waals surface area contributed by atoms with Crippen LogP contribution >= 0.6 is 0 Å². The smallest absolute Gasteiger partial charge is 0.00699 e. The van der Waals surface area contributed by atoms with Crippen molar-refractivity contribution >= 4 is 0 Å². The Morgan fingerprint density at radius 3 is 2.35 bits per heavy atom. The molecule has 0 radical (unpaired) electrons. The highest BCUT2D eigenvalue weighted by Gasteiger charge is 2.15. The van der Waals surface area contributed by atoms with E-state index < -0.39 is 0 Å². The summed E-state index contributed by atoms with van der Waals surface area (Å²) in [5.41, 5.74) is 4.28. The zero-order valence-electron chi connectivity index (χ0n) is 12.0. The first-order chi connectivity index (χ1) is 8.08. The first-order valence-electron chi connectivity index (χ1n) is 6.88. The molecule has 0 amide bonds. The molecule has 1 heteroatoms. The lowest BCUT2D eigenvalue weighted by atomic mass is 9.89. The van der Waals surface area contributed by atoms with Crippen LogP contribution in [0.3, 0.4) is 0 Å². The van der Waals surface area contributed by atoms with Crippen molar-refractivity contribution in [1.82, 2.24) is 5.32 Å². The minimum Gasteiger partial charge on any atom is -0.314 e. The van der Waals surface area contributed by atoms with Crippen LogP contribution in [0.1, 0.15) is 43.9 Å². The molecular formula is C16H27N. The van der Waals surface area contributed by atoms with Gasteiger partial charge in [-0.2, -0.15) is 0 Å². The van der Waals surface area contributed by atoms with Crippen LogP contribution in [0.4, 0.5) is 0 Å². The van der Waals surface area contributed by atoms with Gasteiger partial charge in [-0.05, 0) is 56.3 Å². The van der Waals surface area contributed by atoms with E-state index in [1.807, 2.05) is 0 Å². The molecule has 0 saturated carbocycles. The minimum atomic E-state index is 0.603. The van der Waals surface area contributed by atoms with Crippen molar-refractivity contribution in [3.63, 3.8) is 0 Å². The van der Waals surface area contributed by atoms with Gasteiger partial charge in [-0.25, -0.2) is 0 Å². The molecule has 1 rings (SSSR count). The Hall–Kier alpha value is -0.820. The topological polar surface area (TPSA) is 12.0 Å². The normalized spacial score (nSPS) is 14.6. The molecule has 1 nitrogen and oxygen atoms in total. The van der Waals surface area contributed by atoms with E-state index in [4.69, 9.17) is 0 Å². The Bertz CT molecular complexity index is 343. The second kappa shape index (κ2) is 6.80. The standard InChI is InChI=1S/C16H27N/c1-6-16(14(5)17-7-2)11-15-9-8-12(3)13(4)10-15/h8-10,14,16-17H,6-7,11H2,1-5H3. The van der Waals surface area contributed by atoms with Crippen LogP contribution in [-0.4, -0.2) is 12.6 Å². The second-order valence-corrected chi connectivity index (χ2v) is 5.14. The number of rotatable bonds is 6. The van der Waals surface area contributed by atoms with Crippen LogP contribution in [0.15, 0.2) is 18.2 Å². The summed E-state index contributed by atoms with van der Waals surface area (Å²) in [6.45, 7) is 12.2. The molecule has 2 atom stereocenters. The maximum atomic E-state index is 3.54. The molecule has 96 valence electrons. The Balaban J connectivity index is 2.70. The quantitative estimate of drug-likeness (QED) is 0.786. The molecule has 1 aromatic carbocycles. The van der Waals surface area contributed by atoms with E-state index in [0.717, 1.165) is 12.5 Å². The lowest BCUT2D eigenvalue weighted by molar-refractivity contribution is 0.368. The molecule has 2 unspecified atom stereocenters. The molecule has 0 aliphatic heterocycles. The fraction of sp³-hybridized carbons (Fsp3) is 0.625. The lowest BCUT2D eigenvalue weighted by Gasteiger charge is -2.23. The average molecular weight is 233 g/mol. The Morgan fingerprint density at radius 1 is 1.12 bits per heavy atom. The third-order valence-electron chi connectivity index (χ3n) is 3.83. The van der Waals surface area contributed by atoms with Gasteiger partial charge in [-0.1, -0.05) is 38.5 Å². The van der Waals surface area contributed by atoms with Crippen molar-refractivity contribution in [3.05, 3.63) is 34.9 Å². The zero-order valence-corrected chi connectivity index (χ0v) is 12.0. The highest BCUT2D eigenvalue weighted by molar-refractivity contribution is 5.30. The highest BCUT2D eigenvalue weighted by Crippen LogP contribution is 2.18. The zero-order chi connectivity index (χ0) is 12.8. The molecule has 0 saturated heterocycles. The predicted octanol–water partition coefficient (Wildman–Crippen LogP) is 3.87. The van der Waals surface area contributed by atoms with Crippen LogP contribution in [0.2, 0.25) is 0 Å². The van der Waals surface area contributed by atoms with Crippen LogP contribution in [-0.2, 0) is 6.42 Å². The van der Waals surface area contributed by atoms with E-state index in [9.17, 15) is 0 Å². The maximum Gasteiger partial charge on any atom is 0.00699 e. The molecule has 0 bridgehead atoms. The molecule has 0 aliphatic carbocycles. The van der Waals surface area contributed by atoms with Gasteiger partial charge in [0.2, 0.25) is 0 Å². The monoisotopic (exact) mass is 233 g/mol. The van der Waals surface area contributed by atoms with E-state index in [-0.39, 0.29) is 0 Å². The van der Waals surface area contributed by atoms with E-state index in [1.165, 1.54) is 29.5 Å². The van der Waals surface area contributed by atoms with Gasteiger partial charge in [0.15, 0.2) is 0 Å². The number of hydrogen-bond acceptors (Lipinski definition) is 1. The second-order valence-electron chi connectivity index (χ2n) is 5.14. The SMILES string of the molecule is CCNC(C)C(CC)Cc1ccc(C)c(C)c1. The summed E-state index contributed by atoms with van der Waals surface area (Å²) in [4.78, 5) is 0. The van der Waals surface area contributed by atoms with Crippen molar-refractivity contribution in [1.29, 1.82) is 0 Å². The van der Waals surface area contributed by atoms with Gasteiger partial charge in [0.05, 0.1) is 0 Å². The van der Waals surface area contributed by atoms with Gasteiger partial charge in [0, 0.05) is 6.04 Å². The molecule has 1 aromatic rings. The van der Waals surface area contributed by atoms with Crippen molar-refractivity contribution in [2.24, 2.45) is 5.92 Å². The van der Waals surface area contributed by atoms with Gasteiger partial charge in [-0.15, -0.1) is 0 Å². The molecule has 0 spiro atoms. The molecule has 0 heterocycles. The Kier molecular flexibility index (Phi) is 5.70. The number of aryl methyl sites for hydroxylation is 2. The van der Waals surface area contributed by atoms with E-state index in [2.05, 4.69) is 58.1 Å². The van der Waals surface area contributed by atoms with Gasteiger partial charge >= 0.3 is 0 Å². The van der Waals surface area contributed by atoms with Crippen molar-refractivity contribution < 1.29 is 0 Å². The van der Waals surface area contributed by atoms with Gasteiger partial charge in [0.25, 0.3) is 0 Å². The first kappa shape index (κ1) is 14.2. The summed E-state index contributed by atoms with van der Waals surface area (Å²) < 4.78 is 0. The van der Waals surface area contributed by atoms with Gasteiger partial charge < -0.3 is 5.32 Å². The number of benzene rings is 1. The van der Waals surface area contributed by atoms with Gasteiger partial charge in [-0.3, -0.25) is 0 Å². The highest BCUT2D eigenvalue weighted by atomic mass is 14.9. The number of nitrogens with one attached hydrogen (secondary N) is 1. The van der Waals surface area contributed by atoms with E-state index >= 15 is 0 Å². The van der Waals surface area contributed by atoms with E-state index in [0.29, 0.717) is 6.04 Å². The average Bonchev–Trinajstić information content (AvgIpc) is 2.30. The fourth-order valence-electron chi connectivity index (χ4n) is 2.40. The summed E-state index contributed by atoms with van der Waals surface area (Å²) >= 11 is 0. The third-order valence-corrected chi connectivity index (χ3v) is 3.83. The molecule has 0 aromatic heterocycles. The first-order valence-corrected chi connectivity index (χ1v) is 6.88. The minimum absolute atomic E-state index is 0.603. The summed E-state index contributed by atoms with van der Waals surface area (Å²) in [6, 6.07) is 7.47. The summed E-state index contributed by atoms with van der Waals surface area (Å²) in [6.07, 6.45) is 2.42. The fourth-order valence-corrected chi connectivity index (χ4v) is 2.40. The maximum absolute atomic E-state index is 3.54. The summed E-state index contributed by atoms with van der Waals surface area (Å²) in [5, 5.41) is 3.54. The van der Waals surface area contributed by atoms with E-state index in [1.54, 1.807) is 0 Å². The van der Waals surface area contributed by atoms with Crippen LogP contribution in [0.5, 0.6) is 0 Å². The molecule has 17 heavy (non-hydrogen) atoms. The summed E-state index contributed by atoms with van der Waals surface area (Å²) in [7, 11) is 0. The van der Waals surface area contributed by atoms with Crippen LogP contribution < -0.4 is 5.32 Å². The lowest BCUT2D eigenvalue weighted by Crippen LogP contribution is -2.34. The van der Waals surface area contributed by atoms with Crippen LogP contribution in [0.25, 0.3) is 0 Å². The Morgan fingerprint density at radius 2 is 1.82 bits per heavy atom. The van der Waals surface area contributed by atoms with Crippen LogP contribution in [0, 0.1) is 19.8 Å².